The Morgan fingerprint density at radius 1 is 1.35 bits per heavy atom. The lowest BCUT2D eigenvalue weighted by Gasteiger charge is -2.33. The summed E-state index contributed by atoms with van der Waals surface area (Å²) in [5.74, 6) is 0.0461. The summed E-state index contributed by atoms with van der Waals surface area (Å²) in [6.45, 7) is 8.93. The molecule has 9 nitrogen and oxygen atoms in total. The lowest BCUT2D eigenvalue weighted by atomic mass is 9.76. The molecule has 1 fully saturated rings. The second kappa shape index (κ2) is 10.8. The molecule has 0 aromatic carbocycles. The molecule has 1 aliphatic heterocycles. The number of amides is 2. The van der Waals surface area contributed by atoms with Gasteiger partial charge in [0.05, 0.1) is 6.10 Å². The summed E-state index contributed by atoms with van der Waals surface area (Å²) in [4.78, 5) is 42.7. The number of ether oxygens (including phenoxy) is 2. The minimum atomic E-state index is -0.855. The fraction of sp³-hybridized carbons (Fsp3) is 0.682. The van der Waals surface area contributed by atoms with Crippen LogP contribution in [-0.2, 0) is 14.3 Å². The van der Waals surface area contributed by atoms with Crippen LogP contribution in [0.4, 0.5) is 4.79 Å². The van der Waals surface area contributed by atoms with E-state index >= 15 is 0 Å². The standard InChI is InChI=1S/C22H36N4O5/c1-14(2)22(3,4)11-16(24-21(29)31-15-7-9-23-12-15)20(28)25-19-17(27)13-30-18(19)8-10-26(5)6/h7,9,12,14,16,18-19,23H,8,10-11,13H2,1-6H3,(H,24,29)(H,25,28)/t16-,18?,19?/m0/s1. The lowest BCUT2D eigenvalue weighted by molar-refractivity contribution is -0.128. The molecule has 9 heteroatoms. The highest BCUT2D eigenvalue weighted by atomic mass is 16.6. The monoisotopic (exact) mass is 436 g/mol. The highest BCUT2D eigenvalue weighted by molar-refractivity contribution is 5.94. The molecule has 0 aliphatic carbocycles. The van der Waals surface area contributed by atoms with Crippen LogP contribution in [0.5, 0.6) is 5.75 Å². The second-order valence-corrected chi connectivity index (χ2v) is 9.37. The number of rotatable bonds is 10. The molecule has 0 radical (unpaired) electrons. The molecule has 31 heavy (non-hydrogen) atoms. The summed E-state index contributed by atoms with van der Waals surface area (Å²) in [6.07, 6.45) is 3.07. The number of aromatic nitrogens is 1. The highest BCUT2D eigenvalue weighted by Gasteiger charge is 2.39. The van der Waals surface area contributed by atoms with Crippen molar-refractivity contribution in [1.29, 1.82) is 0 Å². The molecule has 1 aliphatic rings. The van der Waals surface area contributed by atoms with Crippen molar-refractivity contribution >= 4 is 17.8 Å². The number of carbonyl (C=O) groups excluding carboxylic acids is 3. The van der Waals surface area contributed by atoms with Gasteiger partial charge >= 0.3 is 6.09 Å². The van der Waals surface area contributed by atoms with Crippen LogP contribution in [0.1, 0.15) is 40.5 Å². The van der Waals surface area contributed by atoms with E-state index in [0.717, 1.165) is 6.54 Å². The SMILES string of the molecule is CC(C)C(C)(C)C[C@H](NC(=O)Oc1cc[nH]c1)C(=O)NC1C(=O)COC1CCN(C)C. The number of H-pyrrole nitrogens is 1. The molecule has 1 aromatic rings. The topological polar surface area (TPSA) is 113 Å². The van der Waals surface area contributed by atoms with Crippen molar-refractivity contribution in [2.24, 2.45) is 11.3 Å². The first-order valence-corrected chi connectivity index (χ1v) is 10.7. The Bertz CT molecular complexity index is 745. The van der Waals surface area contributed by atoms with Crippen molar-refractivity contribution in [2.45, 2.75) is 58.7 Å². The Morgan fingerprint density at radius 2 is 2.06 bits per heavy atom. The molecule has 3 atom stereocenters. The van der Waals surface area contributed by atoms with E-state index in [9.17, 15) is 14.4 Å². The van der Waals surface area contributed by atoms with Crippen LogP contribution in [0.15, 0.2) is 18.5 Å². The van der Waals surface area contributed by atoms with Crippen molar-refractivity contribution < 1.29 is 23.9 Å². The molecule has 1 aromatic heterocycles. The van der Waals surface area contributed by atoms with Crippen LogP contribution < -0.4 is 15.4 Å². The molecule has 0 spiro atoms. The molecular formula is C22H36N4O5. The number of hydrogen-bond acceptors (Lipinski definition) is 6. The molecule has 2 amide bonds. The van der Waals surface area contributed by atoms with E-state index < -0.39 is 24.1 Å². The summed E-state index contributed by atoms with van der Waals surface area (Å²) in [6, 6.07) is 0.0303. The minimum Gasteiger partial charge on any atom is -0.409 e. The third kappa shape index (κ3) is 7.36. The van der Waals surface area contributed by atoms with Gasteiger partial charge in [-0.3, -0.25) is 9.59 Å². The van der Waals surface area contributed by atoms with Crippen LogP contribution in [-0.4, -0.2) is 73.1 Å². The van der Waals surface area contributed by atoms with Gasteiger partial charge in [-0.2, -0.15) is 0 Å². The van der Waals surface area contributed by atoms with E-state index in [4.69, 9.17) is 9.47 Å². The van der Waals surface area contributed by atoms with E-state index in [1.165, 1.54) is 6.20 Å². The zero-order chi connectivity index (χ0) is 23.2. The summed E-state index contributed by atoms with van der Waals surface area (Å²) < 4.78 is 10.8. The number of nitrogens with one attached hydrogen (secondary N) is 3. The Labute approximate surface area is 184 Å². The molecule has 2 unspecified atom stereocenters. The van der Waals surface area contributed by atoms with Crippen LogP contribution in [0.2, 0.25) is 0 Å². The van der Waals surface area contributed by atoms with E-state index in [1.54, 1.807) is 12.3 Å². The molecule has 1 saturated heterocycles. The van der Waals surface area contributed by atoms with Gasteiger partial charge in [0.15, 0.2) is 5.78 Å². The van der Waals surface area contributed by atoms with Crippen LogP contribution >= 0.6 is 0 Å². The maximum absolute atomic E-state index is 13.2. The summed E-state index contributed by atoms with van der Waals surface area (Å²) in [7, 11) is 3.88. The minimum absolute atomic E-state index is 0.0197. The Hall–Kier alpha value is -2.39. The van der Waals surface area contributed by atoms with Crippen molar-refractivity contribution in [1.82, 2.24) is 20.5 Å². The van der Waals surface area contributed by atoms with Crippen molar-refractivity contribution in [3.63, 3.8) is 0 Å². The third-order valence-electron chi connectivity index (χ3n) is 6.00. The molecule has 2 heterocycles. The number of aromatic amines is 1. The van der Waals surface area contributed by atoms with E-state index in [-0.39, 0.29) is 29.8 Å². The predicted molar refractivity (Wildman–Crippen MR) is 117 cm³/mol. The number of Topliss-reactive ketones (excluding diaryl/α,β-unsaturated/α-hetero) is 1. The Balaban J connectivity index is 2.10. The number of carbonyl (C=O) groups is 3. The van der Waals surface area contributed by atoms with Gasteiger partial charge in [-0.1, -0.05) is 27.7 Å². The fourth-order valence-electron chi connectivity index (χ4n) is 3.27. The summed E-state index contributed by atoms with van der Waals surface area (Å²) in [5, 5.41) is 5.49. The Morgan fingerprint density at radius 3 is 2.65 bits per heavy atom. The van der Waals surface area contributed by atoms with E-state index in [0.29, 0.717) is 18.6 Å². The average Bonchev–Trinajstić information content (AvgIpc) is 3.29. The Kier molecular flexibility index (Phi) is 8.64. The van der Waals surface area contributed by atoms with Crippen molar-refractivity contribution in [2.75, 3.05) is 27.2 Å². The lowest BCUT2D eigenvalue weighted by Crippen LogP contribution is -2.55. The van der Waals surface area contributed by atoms with Crippen LogP contribution in [0.25, 0.3) is 0 Å². The van der Waals surface area contributed by atoms with Crippen molar-refractivity contribution in [3.8, 4) is 5.75 Å². The molecule has 0 bridgehead atoms. The normalized spacial score (nSPS) is 20.2. The van der Waals surface area contributed by atoms with Gasteiger partial charge in [0, 0.05) is 18.9 Å². The fourth-order valence-corrected chi connectivity index (χ4v) is 3.27. The number of nitrogens with zero attached hydrogens (tertiary/aromatic N) is 1. The molecular weight excluding hydrogens is 400 g/mol. The number of ketones is 1. The predicted octanol–water partition coefficient (Wildman–Crippen LogP) is 1.95. The second-order valence-electron chi connectivity index (χ2n) is 9.37. The number of hydrogen-bond donors (Lipinski definition) is 3. The maximum Gasteiger partial charge on any atom is 0.413 e. The van der Waals surface area contributed by atoms with Gasteiger partial charge in [-0.25, -0.2) is 4.79 Å². The van der Waals surface area contributed by atoms with Gasteiger partial charge < -0.3 is 30.0 Å². The van der Waals surface area contributed by atoms with Gasteiger partial charge in [-0.15, -0.1) is 0 Å². The van der Waals surface area contributed by atoms with Crippen molar-refractivity contribution in [3.05, 3.63) is 18.5 Å². The molecule has 3 N–H and O–H groups in total. The average molecular weight is 437 g/mol. The first-order valence-electron chi connectivity index (χ1n) is 10.7. The van der Waals surface area contributed by atoms with E-state index in [1.807, 2.05) is 32.8 Å². The zero-order valence-electron chi connectivity index (χ0n) is 19.4. The first-order chi connectivity index (χ1) is 14.5. The highest BCUT2D eigenvalue weighted by Crippen LogP contribution is 2.31. The molecule has 174 valence electrons. The largest absolute Gasteiger partial charge is 0.413 e. The van der Waals surface area contributed by atoms with E-state index in [2.05, 4.69) is 29.5 Å². The quantitative estimate of drug-likeness (QED) is 0.517. The smallest absolute Gasteiger partial charge is 0.409 e. The maximum atomic E-state index is 13.2. The van der Waals surface area contributed by atoms with Crippen LogP contribution in [0.3, 0.4) is 0 Å². The van der Waals surface area contributed by atoms with Crippen LogP contribution in [0, 0.1) is 11.3 Å². The molecule has 2 rings (SSSR count). The summed E-state index contributed by atoms with van der Waals surface area (Å²) >= 11 is 0. The zero-order valence-corrected chi connectivity index (χ0v) is 19.4. The first kappa shape index (κ1) is 24.9. The summed E-state index contributed by atoms with van der Waals surface area (Å²) in [5.41, 5.74) is -0.232. The van der Waals surface area contributed by atoms with Gasteiger partial charge in [0.2, 0.25) is 5.91 Å². The third-order valence-corrected chi connectivity index (χ3v) is 6.00. The molecule has 0 saturated carbocycles. The van der Waals surface area contributed by atoms with Gasteiger partial charge in [-0.05, 0) is 44.3 Å². The van der Waals surface area contributed by atoms with Gasteiger partial charge in [0.1, 0.15) is 24.4 Å². The van der Waals surface area contributed by atoms with Gasteiger partial charge in [0.25, 0.3) is 0 Å².